The zero-order valence-electron chi connectivity index (χ0n) is 11.4. The van der Waals surface area contributed by atoms with Gasteiger partial charge in [0, 0.05) is 18.4 Å². The molecule has 0 radical (unpaired) electrons. The lowest BCUT2D eigenvalue weighted by Crippen LogP contribution is -2.49. The van der Waals surface area contributed by atoms with Crippen LogP contribution in [0.2, 0.25) is 0 Å². The number of Topliss-reactive ketones (excluding diaryl/α,β-unsaturated/α-hetero) is 1. The molecule has 1 aliphatic rings. The van der Waals surface area contributed by atoms with Crippen molar-refractivity contribution in [1.29, 1.82) is 0 Å². The van der Waals surface area contributed by atoms with Crippen molar-refractivity contribution in [1.82, 2.24) is 4.98 Å². The van der Waals surface area contributed by atoms with Crippen LogP contribution in [0.15, 0.2) is 12.1 Å². The van der Waals surface area contributed by atoms with E-state index in [4.69, 9.17) is 9.47 Å². The zero-order chi connectivity index (χ0) is 14.0. The smallest absolute Gasteiger partial charge is 0.318 e. The molecule has 1 aromatic heterocycles. The Morgan fingerprint density at radius 1 is 1.37 bits per heavy atom. The predicted molar refractivity (Wildman–Crippen MR) is 68.1 cm³/mol. The predicted octanol–water partition coefficient (Wildman–Crippen LogP) is 1.43. The van der Waals surface area contributed by atoms with Gasteiger partial charge in [0.05, 0.1) is 19.9 Å². The normalized spacial score (nSPS) is 16.7. The molecule has 0 unspecified atom stereocenters. The van der Waals surface area contributed by atoms with Gasteiger partial charge in [-0.15, -0.1) is 0 Å². The number of carbonyl (C=O) groups is 2. The summed E-state index contributed by atoms with van der Waals surface area (Å²) in [5.41, 5.74) is 0.593. The molecule has 0 N–H and O–H groups in total. The van der Waals surface area contributed by atoms with Crippen molar-refractivity contribution >= 4 is 11.8 Å². The maximum Gasteiger partial charge on any atom is 0.318 e. The number of nitrogens with zero attached hydrogens (tertiary/aromatic N) is 1. The molecular formula is C14H17NO4. The van der Waals surface area contributed by atoms with Crippen molar-refractivity contribution < 1.29 is 19.1 Å². The lowest BCUT2D eigenvalue weighted by molar-refractivity contribution is -0.156. The van der Waals surface area contributed by atoms with E-state index in [1.807, 2.05) is 13.0 Å². The largest absolute Gasteiger partial charge is 0.481 e. The highest BCUT2D eigenvalue weighted by Crippen LogP contribution is 2.42. The second kappa shape index (κ2) is 4.99. The first kappa shape index (κ1) is 13.5. The van der Waals surface area contributed by atoms with Crippen molar-refractivity contribution in [3.8, 4) is 5.88 Å². The van der Waals surface area contributed by atoms with Gasteiger partial charge in [-0.25, -0.2) is 4.98 Å². The van der Waals surface area contributed by atoms with Gasteiger partial charge in [0.1, 0.15) is 11.2 Å². The quantitative estimate of drug-likeness (QED) is 0.769. The van der Waals surface area contributed by atoms with Crippen molar-refractivity contribution in [3.05, 3.63) is 23.4 Å². The Morgan fingerprint density at radius 3 is 2.53 bits per heavy atom. The maximum absolute atomic E-state index is 12.0. The molecule has 2 rings (SSSR count). The molecule has 1 aromatic rings. The van der Waals surface area contributed by atoms with Gasteiger partial charge in [-0.05, 0) is 12.5 Å². The maximum atomic E-state index is 12.0. The summed E-state index contributed by atoms with van der Waals surface area (Å²) in [4.78, 5) is 27.7. The molecule has 0 aromatic carbocycles. The monoisotopic (exact) mass is 263 g/mol. The zero-order valence-corrected chi connectivity index (χ0v) is 11.4. The molecule has 5 heteroatoms. The number of pyridine rings is 1. The van der Waals surface area contributed by atoms with Crippen LogP contribution in [0.5, 0.6) is 5.88 Å². The highest BCUT2D eigenvalue weighted by Gasteiger charge is 2.53. The Morgan fingerprint density at radius 2 is 2.05 bits per heavy atom. The highest BCUT2D eigenvalue weighted by molar-refractivity contribution is 6.01. The van der Waals surface area contributed by atoms with Crippen molar-refractivity contribution in [2.75, 3.05) is 14.2 Å². The summed E-state index contributed by atoms with van der Waals surface area (Å²) in [5.74, 6) is 0.138. The van der Waals surface area contributed by atoms with Gasteiger partial charge in [0.25, 0.3) is 0 Å². The molecule has 0 aliphatic heterocycles. The van der Waals surface area contributed by atoms with Gasteiger partial charge < -0.3 is 9.47 Å². The van der Waals surface area contributed by atoms with E-state index >= 15 is 0 Å². The van der Waals surface area contributed by atoms with Crippen molar-refractivity contribution in [2.24, 2.45) is 0 Å². The Labute approximate surface area is 111 Å². The summed E-state index contributed by atoms with van der Waals surface area (Å²) in [6.07, 6.45) is 1.10. The van der Waals surface area contributed by atoms with Crippen LogP contribution < -0.4 is 4.74 Å². The summed E-state index contributed by atoms with van der Waals surface area (Å²) in [7, 11) is 2.87. The van der Waals surface area contributed by atoms with Crippen LogP contribution >= 0.6 is 0 Å². The number of carbonyl (C=O) groups excluding carboxylic acids is 2. The third-order valence-electron chi connectivity index (χ3n) is 3.58. The minimum absolute atomic E-state index is 0.0470. The van der Waals surface area contributed by atoms with E-state index in [0.717, 1.165) is 12.0 Å². The average molecular weight is 263 g/mol. The average Bonchev–Trinajstić information content (AvgIpc) is 2.41. The Bertz CT molecular complexity index is 516. The van der Waals surface area contributed by atoms with Gasteiger partial charge in [-0.2, -0.15) is 0 Å². The van der Waals surface area contributed by atoms with Crippen LogP contribution in [0, 0.1) is 0 Å². The summed E-state index contributed by atoms with van der Waals surface area (Å²) in [5, 5.41) is 0. The standard InChI is InChI=1S/C14H17NO4/c1-4-9-5-6-11(15-12(9)18-2)14(13(17)19-3)7-10(16)8-14/h5-6H,4,7-8H2,1-3H3. The van der Waals surface area contributed by atoms with Gasteiger partial charge >= 0.3 is 5.97 Å². The number of hydrogen-bond acceptors (Lipinski definition) is 5. The molecule has 1 heterocycles. The van der Waals surface area contributed by atoms with E-state index in [-0.39, 0.29) is 18.6 Å². The van der Waals surface area contributed by atoms with Gasteiger partial charge in [0.2, 0.25) is 5.88 Å². The molecule has 1 aliphatic carbocycles. The fourth-order valence-corrected chi connectivity index (χ4v) is 2.43. The molecule has 0 atom stereocenters. The van der Waals surface area contributed by atoms with E-state index < -0.39 is 11.4 Å². The minimum Gasteiger partial charge on any atom is -0.481 e. The summed E-state index contributed by atoms with van der Waals surface area (Å²) in [6.45, 7) is 2.00. The molecular weight excluding hydrogens is 246 g/mol. The number of ether oxygens (including phenoxy) is 2. The second-order valence-electron chi connectivity index (χ2n) is 4.68. The summed E-state index contributed by atoms with van der Waals surface area (Å²) in [6, 6.07) is 3.67. The van der Waals surface area contributed by atoms with Crippen LogP contribution in [0.3, 0.4) is 0 Å². The van der Waals surface area contributed by atoms with Crippen molar-refractivity contribution in [2.45, 2.75) is 31.6 Å². The van der Waals surface area contributed by atoms with Crippen molar-refractivity contribution in [3.63, 3.8) is 0 Å². The fourth-order valence-electron chi connectivity index (χ4n) is 2.43. The minimum atomic E-state index is -0.925. The Balaban J connectivity index is 2.44. The molecule has 0 saturated heterocycles. The van der Waals surface area contributed by atoms with E-state index in [1.165, 1.54) is 7.11 Å². The molecule has 1 saturated carbocycles. The molecule has 0 spiro atoms. The topological polar surface area (TPSA) is 65.5 Å². The van der Waals surface area contributed by atoms with Crippen LogP contribution in [-0.2, 0) is 26.2 Å². The number of methoxy groups -OCH3 is 2. The van der Waals surface area contributed by atoms with E-state index in [2.05, 4.69) is 4.98 Å². The first-order chi connectivity index (χ1) is 9.07. The number of rotatable bonds is 4. The number of hydrogen-bond donors (Lipinski definition) is 0. The molecule has 5 nitrogen and oxygen atoms in total. The molecule has 102 valence electrons. The molecule has 0 bridgehead atoms. The van der Waals surface area contributed by atoms with E-state index in [9.17, 15) is 9.59 Å². The molecule has 1 fully saturated rings. The molecule has 0 amide bonds. The Hall–Kier alpha value is -1.91. The number of esters is 1. The van der Waals surface area contributed by atoms with Gasteiger partial charge in [0.15, 0.2) is 0 Å². The SMILES string of the molecule is CCc1ccc(C2(C(=O)OC)CC(=O)C2)nc1OC. The summed E-state index contributed by atoms with van der Waals surface area (Å²) < 4.78 is 10.1. The number of ketones is 1. The highest BCUT2D eigenvalue weighted by atomic mass is 16.5. The van der Waals surface area contributed by atoms with Gasteiger partial charge in [-0.1, -0.05) is 13.0 Å². The van der Waals surface area contributed by atoms with E-state index in [0.29, 0.717) is 11.6 Å². The molecule has 19 heavy (non-hydrogen) atoms. The summed E-state index contributed by atoms with van der Waals surface area (Å²) >= 11 is 0. The second-order valence-corrected chi connectivity index (χ2v) is 4.68. The third-order valence-corrected chi connectivity index (χ3v) is 3.58. The third kappa shape index (κ3) is 2.09. The van der Waals surface area contributed by atoms with Gasteiger partial charge in [-0.3, -0.25) is 9.59 Å². The Kier molecular flexibility index (Phi) is 3.55. The van der Waals surface area contributed by atoms with Crippen LogP contribution in [0.4, 0.5) is 0 Å². The lowest BCUT2D eigenvalue weighted by atomic mass is 9.65. The fraction of sp³-hybridized carbons (Fsp3) is 0.500. The van der Waals surface area contributed by atoms with E-state index in [1.54, 1.807) is 13.2 Å². The first-order valence-corrected chi connectivity index (χ1v) is 6.22. The first-order valence-electron chi connectivity index (χ1n) is 6.22. The van der Waals surface area contributed by atoms with Crippen LogP contribution in [0.1, 0.15) is 31.0 Å². The number of aromatic nitrogens is 1. The van der Waals surface area contributed by atoms with Crippen LogP contribution in [0.25, 0.3) is 0 Å². The number of aryl methyl sites for hydroxylation is 1. The van der Waals surface area contributed by atoms with Crippen LogP contribution in [-0.4, -0.2) is 31.0 Å². The lowest BCUT2D eigenvalue weighted by Gasteiger charge is -2.36.